The number of aromatic nitrogens is 1. The van der Waals surface area contributed by atoms with E-state index in [-0.39, 0.29) is 0 Å². The van der Waals surface area contributed by atoms with Gasteiger partial charge in [0.15, 0.2) is 12.0 Å². The summed E-state index contributed by atoms with van der Waals surface area (Å²) in [5.74, 6) is 0. The third kappa shape index (κ3) is 1.47. The van der Waals surface area contributed by atoms with Crippen LogP contribution in [0.4, 0.5) is 5.69 Å². The molecule has 4 heteroatoms. The molecule has 0 atom stereocenters. The number of benzene rings is 1. The van der Waals surface area contributed by atoms with Crippen LogP contribution in [0.15, 0.2) is 22.9 Å². The first-order chi connectivity index (χ1) is 6.31. The second-order valence-electron chi connectivity index (χ2n) is 2.69. The maximum atomic E-state index is 5.97. The first kappa shape index (κ1) is 8.38. The van der Waals surface area contributed by atoms with Crippen molar-refractivity contribution in [2.45, 2.75) is 6.92 Å². The van der Waals surface area contributed by atoms with Gasteiger partial charge in [-0.2, -0.15) is 0 Å². The molecule has 13 heavy (non-hydrogen) atoms. The Bertz CT molecular complexity index is 424. The van der Waals surface area contributed by atoms with Crippen molar-refractivity contribution in [2.75, 3.05) is 11.9 Å². The smallest absolute Gasteiger partial charge is 0.182 e. The molecule has 0 aliphatic carbocycles. The highest BCUT2D eigenvalue weighted by atomic mass is 35.5. The average molecular weight is 197 g/mol. The number of rotatable bonds is 2. The maximum Gasteiger partial charge on any atom is 0.182 e. The van der Waals surface area contributed by atoms with Gasteiger partial charge in [-0.15, -0.1) is 0 Å². The molecule has 1 aromatic carbocycles. The van der Waals surface area contributed by atoms with Gasteiger partial charge in [-0.3, -0.25) is 0 Å². The van der Waals surface area contributed by atoms with Crippen molar-refractivity contribution < 1.29 is 4.42 Å². The van der Waals surface area contributed by atoms with Crippen LogP contribution in [0.2, 0.25) is 5.02 Å². The summed E-state index contributed by atoms with van der Waals surface area (Å²) in [6.07, 6.45) is 1.40. The van der Waals surface area contributed by atoms with Gasteiger partial charge in [0, 0.05) is 12.2 Å². The van der Waals surface area contributed by atoms with E-state index in [1.807, 2.05) is 19.1 Å². The van der Waals surface area contributed by atoms with E-state index in [9.17, 15) is 0 Å². The fourth-order valence-electron chi connectivity index (χ4n) is 1.23. The van der Waals surface area contributed by atoms with Crippen LogP contribution in [0.3, 0.4) is 0 Å². The molecule has 0 radical (unpaired) electrons. The molecule has 0 unspecified atom stereocenters. The number of anilines is 1. The lowest BCUT2D eigenvalue weighted by Crippen LogP contribution is -1.95. The SMILES string of the molecule is CCNc1cc(Cl)c2ocnc2c1. The molecule has 0 saturated carbocycles. The molecule has 2 rings (SSSR count). The predicted molar refractivity (Wildman–Crippen MR) is 53.2 cm³/mol. The summed E-state index contributed by atoms with van der Waals surface area (Å²) in [6, 6.07) is 3.74. The molecule has 1 aromatic heterocycles. The van der Waals surface area contributed by atoms with Gasteiger partial charge in [0.2, 0.25) is 0 Å². The van der Waals surface area contributed by atoms with Crippen LogP contribution in [0.1, 0.15) is 6.92 Å². The molecule has 0 saturated heterocycles. The largest absolute Gasteiger partial charge is 0.442 e. The predicted octanol–water partition coefficient (Wildman–Crippen LogP) is 2.91. The third-order valence-electron chi connectivity index (χ3n) is 1.77. The summed E-state index contributed by atoms with van der Waals surface area (Å²) < 4.78 is 5.11. The van der Waals surface area contributed by atoms with Gasteiger partial charge >= 0.3 is 0 Å². The van der Waals surface area contributed by atoms with Crippen molar-refractivity contribution in [3.63, 3.8) is 0 Å². The summed E-state index contributed by atoms with van der Waals surface area (Å²) in [4.78, 5) is 4.03. The minimum Gasteiger partial charge on any atom is -0.442 e. The van der Waals surface area contributed by atoms with Gasteiger partial charge in [-0.05, 0) is 19.1 Å². The quantitative estimate of drug-likeness (QED) is 0.803. The Morgan fingerprint density at radius 3 is 3.15 bits per heavy atom. The van der Waals surface area contributed by atoms with Crippen LogP contribution in [0, 0.1) is 0 Å². The zero-order valence-corrected chi connectivity index (χ0v) is 7.93. The first-order valence-corrected chi connectivity index (χ1v) is 4.45. The van der Waals surface area contributed by atoms with Crippen molar-refractivity contribution in [3.8, 4) is 0 Å². The van der Waals surface area contributed by atoms with E-state index < -0.39 is 0 Å². The lowest BCUT2D eigenvalue weighted by molar-refractivity contribution is 0.602. The normalized spacial score (nSPS) is 10.6. The van der Waals surface area contributed by atoms with E-state index in [4.69, 9.17) is 16.0 Å². The zero-order valence-electron chi connectivity index (χ0n) is 7.17. The van der Waals surface area contributed by atoms with E-state index in [2.05, 4.69) is 10.3 Å². The van der Waals surface area contributed by atoms with Gasteiger partial charge in [-0.25, -0.2) is 4.98 Å². The molecular formula is C9H9ClN2O. The highest BCUT2D eigenvalue weighted by molar-refractivity contribution is 6.35. The number of fused-ring (bicyclic) bond motifs is 1. The summed E-state index contributed by atoms with van der Waals surface area (Å²) in [5, 5.41) is 3.75. The van der Waals surface area contributed by atoms with Crippen molar-refractivity contribution >= 4 is 28.4 Å². The Morgan fingerprint density at radius 2 is 2.38 bits per heavy atom. The van der Waals surface area contributed by atoms with Gasteiger partial charge < -0.3 is 9.73 Å². The number of halogens is 1. The van der Waals surface area contributed by atoms with Crippen molar-refractivity contribution in [1.29, 1.82) is 0 Å². The monoisotopic (exact) mass is 196 g/mol. The standard InChI is InChI=1S/C9H9ClN2O/c1-2-11-6-3-7(10)9-8(4-6)12-5-13-9/h3-5,11H,2H2,1H3. The first-order valence-electron chi connectivity index (χ1n) is 4.08. The summed E-state index contributed by atoms with van der Waals surface area (Å²) in [6.45, 7) is 2.89. The van der Waals surface area contributed by atoms with E-state index in [0.717, 1.165) is 17.7 Å². The van der Waals surface area contributed by atoms with Gasteiger partial charge in [0.05, 0.1) is 5.02 Å². The minimum absolute atomic E-state index is 0.589. The average Bonchev–Trinajstić information content (AvgIpc) is 2.53. The Morgan fingerprint density at radius 1 is 1.54 bits per heavy atom. The van der Waals surface area contributed by atoms with Crippen molar-refractivity contribution in [1.82, 2.24) is 4.98 Å². The molecule has 0 aliphatic heterocycles. The lowest BCUT2D eigenvalue weighted by Gasteiger charge is -2.02. The Labute approximate surface area is 80.7 Å². The van der Waals surface area contributed by atoms with E-state index in [1.165, 1.54) is 6.39 Å². The molecule has 1 N–H and O–H groups in total. The fourth-order valence-corrected chi connectivity index (χ4v) is 1.49. The van der Waals surface area contributed by atoms with E-state index in [1.54, 1.807) is 0 Å². The molecule has 68 valence electrons. The highest BCUT2D eigenvalue weighted by Crippen LogP contribution is 2.26. The molecule has 3 nitrogen and oxygen atoms in total. The number of hydrogen-bond donors (Lipinski definition) is 1. The van der Waals surface area contributed by atoms with E-state index >= 15 is 0 Å². The van der Waals surface area contributed by atoms with Gasteiger partial charge in [0.25, 0.3) is 0 Å². The molecule has 1 heterocycles. The van der Waals surface area contributed by atoms with Crippen LogP contribution >= 0.6 is 11.6 Å². The topological polar surface area (TPSA) is 38.1 Å². The molecule has 0 amide bonds. The third-order valence-corrected chi connectivity index (χ3v) is 2.05. The molecule has 2 aromatic rings. The van der Waals surface area contributed by atoms with Crippen LogP contribution in [0.25, 0.3) is 11.1 Å². The second-order valence-corrected chi connectivity index (χ2v) is 3.10. The fraction of sp³-hybridized carbons (Fsp3) is 0.222. The molecule has 0 aliphatic rings. The van der Waals surface area contributed by atoms with Crippen LogP contribution in [0.5, 0.6) is 0 Å². The molecular weight excluding hydrogens is 188 g/mol. The second kappa shape index (κ2) is 3.26. The van der Waals surface area contributed by atoms with E-state index in [0.29, 0.717) is 10.6 Å². The highest BCUT2D eigenvalue weighted by Gasteiger charge is 2.05. The van der Waals surface area contributed by atoms with Gasteiger partial charge in [0.1, 0.15) is 5.52 Å². The maximum absolute atomic E-state index is 5.97. The van der Waals surface area contributed by atoms with Crippen LogP contribution < -0.4 is 5.32 Å². The Hall–Kier alpha value is -1.22. The molecule has 0 bridgehead atoms. The molecule has 0 spiro atoms. The Kier molecular flexibility index (Phi) is 2.10. The number of nitrogens with zero attached hydrogens (tertiary/aromatic N) is 1. The number of hydrogen-bond acceptors (Lipinski definition) is 3. The van der Waals surface area contributed by atoms with Gasteiger partial charge in [-0.1, -0.05) is 11.6 Å². The summed E-state index contributed by atoms with van der Waals surface area (Å²) in [7, 11) is 0. The van der Waals surface area contributed by atoms with Crippen molar-refractivity contribution in [2.24, 2.45) is 0 Å². The van der Waals surface area contributed by atoms with Crippen LogP contribution in [-0.2, 0) is 0 Å². The number of nitrogens with one attached hydrogen (secondary N) is 1. The van der Waals surface area contributed by atoms with Crippen molar-refractivity contribution in [3.05, 3.63) is 23.5 Å². The van der Waals surface area contributed by atoms with Crippen LogP contribution in [-0.4, -0.2) is 11.5 Å². The minimum atomic E-state index is 0.589. The molecule has 0 fully saturated rings. The zero-order chi connectivity index (χ0) is 9.26. The lowest BCUT2D eigenvalue weighted by atomic mass is 10.3. The summed E-state index contributed by atoms with van der Waals surface area (Å²) >= 11 is 5.97. The number of oxazole rings is 1. The summed E-state index contributed by atoms with van der Waals surface area (Å²) in [5.41, 5.74) is 2.39. The Balaban J connectivity index is 2.56.